The van der Waals surface area contributed by atoms with Crippen molar-refractivity contribution in [1.82, 2.24) is 5.32 Å². The fourth-order valence-electron chi connectivity index (χ4n) is 2.37. The molecule has 114 valence electrons. The summed E-state index contributed by atoms with van der Waals surface area (Å²) in [7, 11) is 0. The first-order chi connectivity index (χ1) is 10.1. The molecule has 0 spiro atoms. The monoisotopic (exact) mass is 309 g/mol. The molecule has 1 saturated heterocycles. The molecule has 2 N–H and O–H groups in total. The van der Waals surface area contributed by atoms with Gasteiger partial charge < -0.3 is 15.2 Å². The highest BCUT2D eigenvalue weighted by atomic mass is 32.2. The van der Waals surface area contributed by atoms with E-state index >= 15 is 0 Å². The second-order valence-corrected chi connectivity index (χ2v) is 5.95. The molecular formula is C15H19NO4S. The summed E-state index contributed by atoms with van der Waals surface area (Å²) in [4.78, 5) is 23.9. The van der Waals surface area contributed by atoms with Gasteiger partial charge in [0.05, 0.1) is 0 Å². The van der Waals surface area contributed by atoms with Crippen LogP contribution in [0.2, 0.25) is 0 Å². The normalized spacial score (nSPS) is 17.2. The van der Waals surface area contributed by atoms with E-state index in [9.17, 15) is 14.7 Å². The third-order valence-electron chi connectivity index (χ3n) is 3.61. The lowest BCUT2D eigenvalue weighted by atomic mass is 9.89. The van der Waals surface area contributed by atoms with Crippen LogP contribution in [-0.2, 0) is 15.3 Å². The zero-order valence-corrected chi connectivity index (χ0v) is 12.7. The highest BCUT2D eigenvalue weighted by Gasteiger charge is 2.41. The molecular weight excluding hydrogens is 290 g/mol. The molecule has 0 unspecified atom stereocenters. The number of carbonyl (C=O) groups is 2. The zero-order valence-electron chi connectivity index (χ0n) is 11.9. The first kappa shape index (κ1) is 15.9. The Morgan fingerprint density at radius 1 is 1.38 bits per heavy atom. The van der Waals surface area contributed by atoms with E-state index in [-0.39, 0.29) is 5.91 Å². The Kier molecular flexibility index (Phi) is 5.25. The Bertz CT molecular complexity index is 526. The maximum Gasteiger partial charge on any atom is 0.329 e. The molecule has 1 aromatic rings. The molecule has 1 aliphatic heterocycles. The van der Waals surface area contributed by atoms with Crippen LogP contribution in [0.4, 0.5) is 0 Å². The van der Waals surface area contributed by atoms with Gasteiger partial charge in [-0.1, -0.05) is 12.1 Å². The van der Waals surface area contributed by atoms with Crippen molar-refractivity contribution in [2.24, 2.45) is 0 Å². The van der Waals surface area contributed by atoms with E-state index in [4.69, 9.17) is 4.74 Å². The van der Waals surface area contributed by atoms with E-state index in [1.54, 1.807) is 23.9 Å². The minimum Gasteiger partial charge on any atom is -0.480 e. The van der Waals surface area contributed by atoms with Crippen LogP contribution in [0, 0.1) is 0 Å². The fourth-order valence-corrected chi connectivity index (χ4v) is 2.88. The van der Waals surface area contributed by atoms with Gasteiger partial charge in [-0.05, 0) is 24.0 Å². The topological polar surface area (TPSA) is 75.6 Å². The van der Waals surface area contributed by atoms with Crippen LogP contribution >= 0.6 is 11.8 Å². The number of thioether (sulfide) groups is 1. The quantitative estimate of drug-likeness (QED) is 0.869. The second kappa shape index (κ2) is 6.95. The van der Waals surface area contributed by atoms with Gasteiger partial charge in [-0.15, -0.1) is 0 Å². The summed E-state index contributed by atoms with van der Waals surface area (Å²) in [6.45, 7) is 0.693. The van der Waals surface area contributed by atoms with Gasteiger partial charge in [0.25, 0.3) is 5.91 Å². The van der Waals surface area contributed by atoms with Gasteiger partial charge in [0.15, 0.2) is 0 Å². The van der Waals surface area contributed by atoms with Gasteiger partial charge in [-0.25, -0.2) is 4.79 Å². The predicted octanol–water partition coefficient (Wildman–Crippen LogP) is 1.91. The molecule has 2 rings (SSSR count). The second-order valence-electron chi connectivity index (χ2n) is 5.09. The van der Waals surface area contributed by atoms with Crippen molar-refractivity contribution in [1.29, 1.82) is 0 Å². The molecule has 6 heteroatoms. The third-order valence-corrected chi connectivity index (χ3v) is 4.23. The standard InChI is InChI=1S/C15H19NO4S/c1-21-10-11-3-2-4-12(9-11)13(17)16-15(14(18)19)5-7-20-8-6-15/h2-4,9H,5-8,10H2,1H3,(H,16,17)(H,18,19). The van der Waals surface area contributed by atoms with Crippen LogP contribution in [0.3, 0.4) is 0 Å². The number of rotatable bonds is 5. The number of amides is 1. The Labute approximate surface area is 128 Å². The van der Waals surface area contributed by atoms with Crippen LogP contribution < -0.4 is 5.32 Å². The molecule has 1 heterocycles. The average Bonchev–Trinajstić information content (AvgIpc) is 2.48. The zero-order chi connectivity index (χ0) is 15.3. The van der Waals surface area contributed by atoms with Gasteiger partial charge in [-0.2, -0.15) is 11.8 Å². The highest BCUT2D eigenvalue weighted by molar-refractivity contribution is 7.97. The Morgan fingerprint density at radius 2 is 2.10 bits per heavy atom. The molecule has 0 radical (unpaired) electrons. The lowest BCUT2D eigenvalue weighted by Gasteiger charge is -2.33. The summed E-state index contributed by atoms with van der Waals surface area (Å²) in [5.74, 6) is -0.527. The molecule has 1 aliphatic rings. The van der Waals surface area contributed by atoms with Crippen molar-refractivity contribution in [2.75, 3.05) is 19.5 Å². The molecule has 1 aromatic carbocycles. The van der Waals surface area contributed by atoms with Crippen molar-refractivity contribution in [2.45, 2.75) is 24.1 Å². The van der Waals surface area contributed by atoms with E-state index in [1.165, 1.54) is 0 Å². The maximum absolute atomic E-state index is 12.4. The summed E-state index contributed by atoms with van der Waals surface area (Å²) in [5, 5.41) is 12.1. The van der Waals surface area contributed by atoms with Gasteiger partial charge in [-0.3, -0.25) is 4.79 Å². The smallest absolute Gasteiger partial charge is 0.329 e. The van der Waals surface area contributed by atoms with E-state index < -0.39 is 11.5 Å². The van der Waals surface area contributed by atoms with Crippen LogP contribution in [0.5, 0.6) is 0 Å². The number of carboxylic acid groups (broad SMARTS) is 1. The molecule has 5 nitrogen and oxygen atoms in total. The van der Waals surface area contributed by atoms with Crippen molar-refractivity contribution >= 4 is 23.6 Å². The SMILES string of the molecule is CSCc1cccc(C(=O)NC2(C(=O)O)CCOCC2)c1. The average molecular weight is 309 g/mol. The number of aliphatic carboxylic acids is 1. The van der Waals surface area contributed by atoms with Crippen LogP contribution in [0.1, 0.15) is 28.8 Å². The van der Waals surface area contributed by atoms with Gasteiger partial charge >= 0.3 is 5.97 Å². The molecule has 0 aromatic heterocycles. The molecule has 0 bridgehead atoms. The van der Waals surface area contributed by atoms with Crippen molar-refractivity contribution in [3.8, 4) is 0 Å². The molecule has 0 atom stereocenters. The Balaban J connectivity index is 2.15. The fraction of sp³-hybridized carbons (Fsp3) is 0.467. The maximum atomic E-state index is 12.4. The number of hydrogen-bond acceptors (Lipinski definition) is 4. The van der Waals surface area contributed by atoms with Crippen molar-refractivity contribution < 1.29 is 19.4 Å². The third kappa shape index (κ3) is 3.77. The minimum absolute atomic E-state index is 0.290. The van der Waals surface area contributed by atoms with Gasteiger partial charge in [0.1, 0.15) is 5.54 Å². The largest absolute Gasteiger partial charge is 0.480 e. The molecule has 0 aliphatic carbocycles. The summed E-state index contributed by atoms with van der Waals surface area (Å²) in [6.07, 6.45) is 2.57. The highest BCUT2D eigenvalue weighted by Crippen LogP contribution is 2.22. The first-order valence-corrected chi connectivity index (χ1v) is 8.18. The van der Waals surface area contributed by atoms with Crippen LogP contribution in [0.15, 0.2) is 24.3 Å². The summed E-state index contributed by atoms with van der Waals surface area (Å²) < 4.78 is 5.20. The Hall–Kier alpha value is -1.53. The van der Waals surface area contributed by atoms with Gasteiger partial charge in [0.2, 0.25) is 0 Å². The summed E-state index contributed by atoms with van der Waals surface area (Å²) in [5.41, 5.74) is 0.324. The van der Waals surface area contributed by atoms with Crippen molar-refractivity contribution in [3.63, 3.8) is 0 Å². The van der Waals surface area contributed by atoms with Crippen LogP contribution in [-0.4, -0.2) is 42.0 Å². The van der Waals surface area contributed by atoms with E-state index in [0.717, 1.165) is 11.3 Å². The number of nitrogens with one attached hydrogen (secondary N) is 1. The lowest BCUT2D eigenvalue weighted by Crippen LogP contribution is -2.57. The van der Waals surface area contributed by atoms with Gasteiger partial charge in [0, 0.05) is 37.4 Å². The van der Waals surface area contributed by atoms with E-state index in [1.807, 2.05) is 18.4 Å². The number of ether oxygens (including phenoxy) is 1. The minimum atomic E-state index is -1.22. The number of benzene rings is 1. The first-order valence-electron chi connectivity index (χ1n) is 6.79. The van der Waals surface area contributed by atoms with E-state index in [2.05, 4.69) is 5.32 Å². The van der Waals surface area contributed by atoms with Crippen LogP contribution in [0.25, 0.3) is 0 Å². The van der Waals surface area contributed by atoms with Crippen molar-refractivity contribution in [3.05, 3.63) is 35.4 Å². The number of carbonyl (C=O) groups excluding carboxylic acids is 1. The Morgan fingerprint density at radius 3 is 2.71 bits per heavy atom. The molecule has 1 fully saturated rings. The summed E-state index contributed by atoms with van der Waals surface area (Å²) >= 11 is 1.67. The lowest BCUT2D eigenvalue weighted by molar-refractivity contribution is -0.148. The summed E-state index contributed by atoms with van der Waals surface area (Å²) in [6, 6.07) is 7.28. The molecule has 1 amide bonds. The number of hydrogen-bond donors (Lipinski definition) is 2. The molecule has 21 heavy (non-hydrogen) atoms. The predicted molar refractivity (Wildman–Crippen MR) is 81.5 cm³/mol. The van der Waals surface area contributed by atoms with E-state index in [0.29, 0.717) is 31.6 Å². The molecule has 0 saturated carbocycles. The number of carboxylic acids is 1.